The SMILES string of the molecule is CCOC(=O)Cc1ccc2c(c1)oc1ccc(C)cc12. The van der Waals surface area contributed by atoms with Crippen molar-refractivity contribution in [3.8, 4) is 0 Å². The number of hydrogen-bond donors (Lipinski definition) is 0. The summed E-state index contributed by atoms with van der Waals surface area (Å²) in [5.41, 5.74) is 3.80. The van der Waals surface area contributed by atoms with Crippen molar-refractivity contribution >= 4 is 27.9 Å². The Bertz CT molecular complexity index is 783. The topological polar surface area (TPSA) is 39.4 Å². The van der Waals surface area contributed by atoms with E-state index >= 15 is 0 Å². The molecule has 3 aromatic rings. The predicted molar refractivity (Wildman–Crippen MR) is 78.8 cm³/mol. The lowest BCUT2D eigenvalue weighted by Crippen LogP contribution is -2.07. The molecule has 2 aromatic carbocycles. The third-order valence-electron chi connectivity index (χ3n) is 3.34. The Kier molecular flexibility index (Phi) is 3.18. The first-order valence-electron chi connectivity index (χ1n) is 6.75. The Morgan fingerprint density at radius 1 is 1.10 bits per heavy atom. The zero-order valence-corrected chi connectivity index (χ0v) is 11.6. The van der Waals surface area contributed by atoms with E-state index in [1.807, 2.05) is 37.3 Å². The highest BCUT2D eigenvalue weighted by molar-refractivity contribution is 6.05. The van der Waals surface area contributed by atoms with Crippen LogP contribution in [0.5, 0.6) is 0 Å². The van der Waals surface area contributed by atoms with Gasteiger partial charge in [-0.25, -0.2) is 0 Å². The molecule has 3 nitrogen and oxygen atoms in total. The van der Waals surface area contributed by atoms with Crippen molar-refractivity contribution in [3.63, 3.8) is 0 Å². The minimum Gasteiger partial charge on any atom is -0.466 e. The van der Waals surface area contributed by atoms with E-state index < -0.39 is 0 Å². The fourth-order valence-corrected chi connectivity index (χ4v) is 2.42. The van der Waals surface area contributed by atoms with Crippen LogP contribution in [0.4, 0.5) is 0 Å². The molecular weight excluding hydrogens is 252 g/mol. The van der Waals surface area contributed by atoms with Gasteiger partial charge < -0.3 is 9.15 Å². The summed E-state index contributed by atoms with van der Waals surface area (Å²) in [4.78, 5) is 11.5. The van der Waals surface area contributed by atoms with Crippen molar-refractivity contribution in [3.05, 3.63) is 47.5 Å². The van der Waals surface area contributed by atoms with Crippen LogP contribution in [0.2, 0.25) is 0 Å². The first-order chi connectivity index (χ1) is 9.67. The first kappa shape index (κ1) is 12.7. The van der Waals surface area contributed by atoms with Gasteiger partial charge in [0.15, 0.2) is 0 Å². The molecule has 0 aliphatic rings. The standard InChI is InChI=1S/C17H16O3/c1-3-19-17(18)10-12-5-6-13-14-8-11(2)4-7-15(14)20-16(13)9-12/h4-9H,3,10H2,1-2H3. The van der Waals surface area contributed by atoms with Crippen molar-refractivity contribution in [1.82, 2.24) is 0 Å². The number of rotatable bonds is 3. The maximum Gasteiger partial charge on any atom is 0.310 e. The van der Waals surface area contributed by atoms with Gasteiger partial charge in [0, 0.05) is 10.8 Å². The molecule has 0 unspecified atom stereocenters. The molecule has 1 aromatic heterocycles. The van der Waals surface area contributed by atoms with Crippen LogP contribution in [-0.2, 0) is 16.0 Å². The second kappa shape index (κ2) is 5.00. The van der Waals surface area contributed by atoms with E-state index in [-0.39, 0.29) is 12.4 Å². The molecule has 1 heterocycles. The monoisotopic (exact) mass is 268 g/mol. The van der Waals surface area contributed by atoms with Gasteiger partial charge in [0.2, 0.25) is 0 Å². The number of carbonyl (C=O) groups excluding carboxylic acids is 1. The second-order valence-corrected chi connectivity index (χ2v) is 4.91. The molecule has 0 atom stereocenters. The number of ether oxygens (including phenoxy) is 1. The van der Waals surface area contributed by atoms with Crippen LogP contribution in [0.15, 0.2) is 40.8 Å². The van der Waals surface area contributed by atoms with Crippen molar-refractivity contribution < 1.29 is 13.9 Å². The van der Waals surface area contributed by atoms with E-state index in [0.717, 1.165) is 27.5 Å². The molecule has 102 valence electrons. The molecule has 20 heavy (non-hydrogen) atoms. The maximum absolute atomic E-state index is 11.5. The third kappa shape index (κ3) is 2.27. The van der Waals surface area contributed by atoms with E-state index in [2.05, 4.69) is 13.0 Å². The summed E-state index contributed by atoms with van der Waals surface area (Å²) in [6.07, 6.45) is 0.278. The quantitative estimate of drug-likeness (QED) is 0.674. The molecular formula is C17H16O3. The van der Waals surface area contributed by atoms with Gasteiger partial charge in [-0.2, -0.15) is 0 Å². The number of furan rings is 1. The summed E-state index contributed by atoms with van der Waals surface area (Å²) < 4.78 is 10.8. The molecule has 0 saturated heterocycles. The summed E-state index contributed by atoms with van der Waals surface area (Å²) >= 11 is 0. The van der Waals surface area contributed by atoms with Gasteiger partial charge in [0.25, 0.3) is 0 Å². The minimum atomic E-state index is -0.209. The van der Waals surface area contributed by atoms with Gasteiger partial charge in [-0.05, 0) is 37.6 Å². The van der Waals surface area contributed by atoms with Gasteiger partial charge in [0.05, 0.1) is 13.0 Å². The normalized spacial score (nSPS) is 11.1. The van der Waals surface area contributed by atoms with Crippen LogP contribution >= 0.6 is 0 Å². The Balaban J connectivity index is 2.03. The summed E-state index contributed by atoms with van der Waals surface area (Å²) in [7, 11) is 0. The Labute approximate surface area is 117 Å². The summed E-state index contributed by atoms with van der Waals surface area (Å²) in [6, 6.07) is 12.0. The second-order valence-electron chi connectivity index (χ2n) is 4.91. The Morgan fingerprint density at radius 3 is 2.75 bits per heavy atom. The van der Waals surface area contributed by atoms with Crippen LogP contribution < -0.4 is 0 Å². The number of esters is 1. The molecule has 3 rings (SSSR count). The highest BCUT2D eigenvalue weighted by atomic mass is 16.5. The molecule has 0 aliphatic heterocycles. The van der Waals surface area contributed by atoms with E-state index in [4.69, 9.17) is 9.15 Å². The van der Waals surface area contributed by atoms with Crippen LogP contribution in [0, 0.1) is 6.92 Å². The third-order valence-corrected chi connectivity index (χ3v) is 3.34. The van der Waals surface area contributed by atoms with Crippen LogP contribution in [0.1, 0.15) is 18.1 Å². The van der Waals surface area contributed by atoms with E-state index in [9.17, 15) is 4.79 Å². The minimum absolute atomic E-state index is 0.209. The van der Waals surface area contributed by atoms with Gasteiger partial charge in [0.1, 0.15) is 11.2 Å². The summed E-state index contributed by atoms with van der Waals surface area (Å²) in [6.45, 7) is 4.28. The van der Waals surface area contributed by atoms with E-state index in [1.54, 1.807) is 0 Å². The lowest BCUT2D eigenvalue weighted by atomic mass is 10.1. The first-order valence-corrected chi connectivity index (χ1v) is 6.75. The van der Waals surface area contributed by atoms with Gasteiger partial charge >= 0.3 is 5.97 Å². The molecule has 0 aliphatic carbocycles. The zero-order chi connectivity index (χ0) is 14.1. The highest BCUT2D eigenvalue weighted by Gasteiger charge is 2.10. The summed E-state index contributed by atoms with van der Waals surface area (Å²) in [5, 5.41) is 2.19. The number of fused-ring (bicyclic) bond motifs is 3. The number of benzene rings is 2. The average molecular weight is 268 g/mol. The highest BCUT2D eigenvalue weighted by Crippen LogP contribution is 2.30. The molecule has 0 N–H and O–H groups in total. The predicted octanol–water partition coefficient (Wildman–Crippen LogP) is 4.00. The molecule has 3 heteroatoms. The van der Waals surface area contributed by atoms with Crippen molar-refractivity contribution in [2.75, 3.05) is 6.61 Å². The van der Waals surface area contributed by atoms with Crippen molar-refractivity contribution in [2.24, 2.45) is 0 Å². The average Bonchev–Trinajstić information content (AvgIpc) is 2.76. The molecule has 0 bridgehead atoms. The van der Waals surface area contributed by atoms with Gasteiger partial charge in [-0.1, -0.05) is 23.8 Å². The lowest BCUT2D eigenvalue weighted by molar-refractivity contribution is -0.142. The Morgan fingerprint density at radius 2 is 1.95 bits per heavy atom. The van der Waals surface area contributed by atoms with Gasteiger partial charge in [-0.3, -0.25) is 4.79 Å². The van der Waals surface area contributed by atoms with Crippen molar-refractivity contribution in [1.29, 1.82) is 0 Å². The van der Waals surface area contributed by atoms with E-state index in [0.29, 0.717) is 6.61 Å². The zero-order valence-electron chi connectivity index (χ0n) is 11.6. The van der Waals surface area contributed by atoms with Crippen LogP contribution in [0.25, 0.3) is 21.9 Å². The summed E-state index contributed by atoms with van der Waals surface area (Å²) in [5.74, 6) is -0.209. The fraction of sp³-hybridized carbons (Fsp3) is 0.235. The fourth-order valence-electron chi connectivity index (χ4n) is 2.42. The lowest BCUT2D eigenvalue weighted by Gasteiger charge is -2.01. The van der Waals surface area contributed by atoms with Gasteiger partial charge in [-0.15, -0.1) is 0 Å². The molecule has 0 radical (unpaired) electrons. The van der Waals surface area contributed by atoms with E-state index in [1.165, 1.54) is 5.56 Å². The Hall–Kier alpha value is -2.29. The van der Waals surface area contributed by atoms with Crippen LogP contribution in [0.3, 0.4) is 0 Å². The smallest absolute Gasteiger partial charge is 0.310 e. The van der Waals surface area contributed by atoms with Crippen LogP contribution in [-0.4, -0.2) is 12.6 Å². The maximum atomic E-state index is 11.5. The molecule has 0 saturated carbocycles. The molecule has 0 spiro atoms. The molecule has 0 amide bonds. The largest absolute Gasteiger partial charge is 0.466 e. The number of aryl methyl sites for hydroxylation is 1. The van der Waals surface area contributed by atoms with Crippen molar-refractivity contribution in [2.45, 2.75) is 20.3 Å². The number of carbonyl (C=O) groups is 1. The number of hydrogen-bond acceptors (Lipinski definition) is 3. The molecule has 0 fully saturated rings.